The molecular weight excluding hydrogens is 214 g/mol. The van der Waals surface area contributed by atoms with E-state index in [-0.39, 0.29) is 12.2 Å². The van der Waals surface area contributed by atoms with Gasteiger partial charge in [-0.3, -0.25) is 0 Å². The van der Waals surface area contributed by atoms with E-state index in [1.807, 2.05) is 6.92 Å². The Morgan fingerprint density at radius 1 is 1.67 bits per heavy atom. The largest absolute Gasteiger partial charge is 0.393 e. The van der Waals surface area contributed by atoms with Crippen molar-refractivity contribution in [3.05, 3.63) is 0 Å². The SMILES string of the molecule is CCNC(N)=S.NCC1CC(O)CCO1. The molecule has 1 saturated heterocycles. The van der Waals surface area contributed by atoms with Gasteiger partial charge in [-0.05, 0) is 25.6 Å². The van der Waals surface area contributed by atoms with E-state index in [0.29, 0.717) is 24.7 Å². The van der Waals surface area contributed by atoms with Gasteiger partial charge >= 0.3 is 0 Å². The summed E-state index contributed by atoms with van der Waals surface area (Å²) in [6.45, 7) is 3.94. The van der Waals surface area contributed by atoms with Crippen LogP contribution in [0.25, 0.3) is 0 Å². The molecule has 6 heteroatoms. The summed E-state index contributed by atoms with van der Waals surface area (Å²) in [5.74, 6) is 0. The second-order valence-corrected chi connectivity index (χ2v) is 3.74. The fraction of sp³-hybridized carbons (Fsp3) is 0.889. The summed E-state index contributed by atoms with van der Waals surface area (Å²) in [4.78, 5) is 0. The van der Waals surface area contributed by atoms with E-state index in [4.69, 9.17) is 21.3 Å². The molecule has 1 fully saturated rings. The molecule has 1 rings (SSSR count). The van der Waals surface area contributed by atoms with Gasteiger partial charge in [-0.25, -0.2) is 0 Å². The Kier molecular flexibility index (Phi) is 8.59. The van der Waals surface area contributed by atoms with Gasteiger partial charge in [-0.15, -0.1) is 0 Å². The van der Waals surface area contributed by atoms with Gasteiger partial charge in [0.15, 0.2) is 5.11 Å². The molecule has 0 aliphatic carbocycles. The number of hydrogen-bond acceptors (Lipinski definition) is 4. The van der Waals surface area contributed by atoms with Gasteiger partial charge in [-0.1, -0.05) is 0 Å². The van der Waals surface area contributed by atoms with Crippen LogP contribution in [0.1, 0.15) is 19.8 Å². The number of nitrogens with one attached hydrogen (secondary N) is 1. The quantitative estimate of drug-likeness (QED) is 0.474. The fourth-order valence-corrected chi connectivity index (χ4v) is 1.34. The van der Waals surface area contributed by atoms with Crippen molar-refractivity contribution in [1.29, 1.82) is 0 Å². The molecule has 6 N–H and O–H groups in total. The van der Waals surface area contributed by atoms with Crippen molar-refractivity contribution < 1.29 is 9.84 Å². The molecule has 2 atom stereocenters. The Labute approximate surface area is 96.2 Å². The smallest absolute Gasteiger partial charge is 0.163 e. The van der Waals surface area contributed by atoms with Crippen LogP contribution in [0, 0.1) is 0 Å². The minimum absolute atomic E-state index is 0.0914. The maximum absolute atomic E-state index is 9.08. The zero-order chi connectivity index (χ0) is 11.7. The van der Waals surface area contributed by atoms with Crippen molar-refractivity contribution in [2.45, 2.75) is 32.0 Å². The lowest BCUT2D eigenvalue weighted by atomic mass is 10.1. The summed E-state index contributed by atoms with van der Waals surface area (Å²) in [5.41, 5.74) is 10.4. The number of thiocarbonyl (C=S) groups is 1. The van der Waals surface area contributed by atoms with E-state index in [2.05, 4.69) is 17.5 Å². The van der Waals surface area contributed by atoms with E-state index in [1.54, 1.807) is 0 Å². The number of aliphatic hydroxyl groups is 1. The second kappa shape index (κ2) is 8.84. The van der Waals surface area contributed by atoms with E-state index >= 15 is 0 Å². The second-order valence-electron chi connectivity index (χ2n) is 3.30. The fourth-order valence-electron chi connectivity index (χ4n) is 1.20. The number of rotatable bonds is 2. The average molecular weight is 235 g/mol. The lowest BCUT2D eigenvalue weighted by Gasteiger charge is -2.24. The van der Waals surface area contributed by atoms with Crippen molar-refractivity contribution in [3.63, 3.8) is 0 Å². The molecule has 2 unspecified atom stereocenters. The standard InChI is InChI=1S/C6H13NO2.C3H8N2S/c7-4-6-3-5(8)1-2-9-6;1-2-5-3(4)6/h5-6,8H,1-4,7H2;2H2,1H3,(H3,4,5,6). The summed E-state index contributed by atoms with van der Waals surface area (Å²) in [6, 6.07) is 0. The van der Waals surface area contributed by atoms with Gasteiger partial charge in [-0.2, -0.15) is 0 Å². The van der Waals surface area contributed by atoms with Crippen LogP contribution in [0.4, 0.5) is 0 Å². The molecule has 1 aliphatic heterocycles. The lowest BCUT2D eigenvalue weighted by molar-refractivity contribution is -0.0383. The van der Waals surface area contributed by atoms with Crippen LogP contribution in [0.3, 0.4) is 0 Å². The third-order valence-electron chi connectivity index (χ3n) is 1.95. The monoisotopic (exact) mass is 235 g/mol. The molecule has 5 nitrogen and oxygen atoms in total. The molecule has 1 aliphatic rings. The highest BCUT2D eigenvalue weighted by atomic mass is 32.1. The Morgan fingerprint density at radius 2 is 2.33 bits per heavy atom. The minimum Gasteiger partial charge on any atom is -0.393 e. The Bertz CT molecular complexity index is 181. The van der Waals surface area contributed by atoms with E-state index in [0.717, 1.165) is 13.0 Å². The molecule has 0 aromatic carbocycles. The highest BCUT2D eigenvalue weighted by Gasteiger charge is 2.18. The van der Waals surface area contributed by atoms with Gasteiger partial charge < -0.3 is 26.6 Å². The number of nitrogens with two attached hydrogens (primary N) is 2. The number of aliphatic hydroxyl groups excluding tert-OH is 1. The van der Waals surface area contributed by atoms with Crippen LogP contribution in [-0.2, 0) is 4.74 Å². The van der Waals surface area contributed by atoms with Crippen LogP contribution in [0.15, 0.2) is 0 Å². The first kappa shape index (κ1) is 14.6. The first-order chi connectivity index (χ1) is 7.10. The van der Waals surface area contributed by atoms with Gasteiger partial charge in [0.1, 0.15) is 0 Å². The molecule has 0 aromatic rings. The van der Waals surface area contributed by atoms with Crippen LogP contribution < -0.4 is 16.8 Å². The Morgan fingerprint density at radius 3 is 2.60 bits per heavy atom. The van der Waals surface area contributed by atoms with Gasteiger partial charge in [0, 0.05) is 26.1 Å². The van der Waals surface area contributed by atoms with Crippen molar-refractivity contribution >= 4 is 17.3 Å². The number of hydrogen-bond donors (Lipinski definition) is 4. The summed E-state index contributed by atoms with van der Waals surface area (Å²) in [5, 5.41) is 12.2. The van der Waals surface area contributed by atoms with Crippen molar-refractivity contribution in [3.8, 4) is 0 Å². The molecule has 0 spiro atoms. The van der Waals surface area contributed by atoms with Gasteiger partial charge in [0.05, 0.1) is 12.2 Å². The lowest BCUT2D eigenvalue weighted by Crippen LogP contribution is -2.34. The summed E-state index contributed by atoms with van der Waals surface area (Å²) < 4.78 is 5.21. The maximum Gasteiger partial charge on any atom is 0.163 e. The molecular formula is C9H21N3O2S. The first-order valence-electron chi connectivity index (χ1n) is 5.13. The molecule has 15 heavy (non-hydrogen) atoms. The van der Waals surface area contributed by atoms with Crippen LogP contribution in [0.2, 0.25) is 0 Å². The molecule has 0 saturated carbocycles. The summed E-state index contributed by atoms with van der Waals surface area (Å²) in [7, 11) is 0. The van der Waals surface area contributed by atoms with Crippen LogP contribution >= 0.6 is 12.2 Å². The third-order valence-corrected chi connectivity index (χ3v) is 2.10. The van der Waals surface area contributed by atoms with Crippen LogP contribution in [-0.4, -0.2) is 42.1 Å². The predicted octanol–water partition coefficient (Wildman–Crippen LogP) is -0.675. The van der Waals surface area contributed by atoms with Crippen molar-refractivity contribution in [2.75, 3.05) is 19.7 Å². The van der Waals surface area contributed by atoms with E-state index < -0.39 is 0 Å². The third kappa shape index (κ3) is 8.56. The van der Waals surface area contributed by atoms with Crippen molar-refractivity contribution in [2.24, 2.45) is 11.5 Å². The highest BCUT2D eigenvalue weighted by Crippen LogP contribution is 2.11. The minimum atomic E-state index is -0.188. The maximum atomic E-state index is 9.08. The van der Waals surface area contributed by atoms with E-state index in [9.17, 15) is 0 Å². The number of ether oxygens (including phenoxy) is 1. The summed E-state index contributed by atoms with van der Waals surface area (Å²) in [6.07, 6.45) is 1.37. The van der Waals surface area contributed by atoms with Crippen molar-refractivity contribution in [1.82, 2.24) is 5.32 Å². The Balaban J connectivity index is 0.000000288. The molecule has 90 valence electrons. The van der Waals surface area contributed by atoms with E-state index in [1.165, 1.54) is 0 Å². The summed E-state index contributed by atoms with van der Waals surface area (Å²) >= 11 is 4.46. The molecule has 0 radical (unpaired) electrons. The topological polar surface area (TPSA) is 93.5 Å². The van der Waals surface area contributed by atoms with Crippen LogP contribution in [0.5, 0.6) is 0 Å². The highest BCUT2D eigenvalue weighted by molar-refractivity contribution is 7.80. The molecule has 0 aromatic heterocycles. The Hall–Kier alpha value is -0.430. The van der Waals surface area contributed by atoms with Gasteiger partial charge in [0.25, 0.3) is 0 Å². The molecule has 1 heterocycles. The van der Waals surface area contributed by atoms with Gasteiger partial charge in [0.2, 0.25) is 0 Å². The molecule has 0 amide bonds. The average Bonchev–Trinajstić information content (AvgIpc) is 2.18. The first-order valence-corrected chi connectivity index (χ1v) is 5.54. The molecule has 0 bridgehead atoms. The zero-order valence-electron chi connectivity index (χ0n) is 9.11. The normalized spacial score (nSPS) is 25.0. The predicted molar refractivity (Wildman–Crippen MR) is 64.5 cm³/mol. The zero-order valence-corrected chi connectivity index (χ0v) is 9.93.